The Hall–Kier alpha value is -1.81. The van der Waals surface area contributed by atoms with Crippen molar-refractivity contribution in [2.45, 2.75) is 33.4 Å². The quantitative estimate of drug-likeness (QED) is 0.868. The van der Waals surface area contributed by atoms with Crippen LogP contribution >= 0.6 is 0 Å². The molecule has 4 nitrogen and oxygen atoms in total. The van der Waals surface area contributed by atoms with Gasteiger partial charge < -0.3 is 10.1 Å². The molecule has 0 aliphatic heterocycles. The maximum absolute atomic E-state index is 5.97. The second-order valence-corrected chi connectivity index (χ2v) is 4.82. The molecule has 0 fully saturated rings. The van der Waals surface area contributed by atoms with E-state index < -0.39 is 0 Å². The van der Waals surface area contributed by atoms with Crippen LogP contribution in [0.4, 0.5) is 0 Å². The maximum atomic E-state index is 5.97. The Morgan fingerprint density at radius 3 is 2.84 bits per heavy atom. The molecule has 0 saturated carbocycles. The van der Waals surface area contributed by atoms with Crippen LogP contribution in [0.15, 0.2) is 24.3 Å². The Labute approximate surface area is 114 Å². The third-order valence-electron chi connectivity index (χ3n) is 3.15. The molecule has 102 valence electrons. The second-order valence-electron chi connectivity index (χ2n) is 4.82. The largest absolute Gasteiger partial charge is 0.484 e. The van der Waals surface area contributed by atoms with Gasteiger partial charge in [-0.2, -0.15) is 5.10 Å². The van der Waals surface area contributed by atoms with Gasteiger partial charge >= 0.3 is 0 Å². The topological polar surface area (TPSA) is 49.9 Å². The van der Waals surface area contributed by atoms with Gasteiger partial charge in [0.25, 0.3) is 0 Å². The van der Waals surface area contributed by atoms with E-state index in [1.54, 1.807) is 0 Å². The van der Waals surface area contributed by atoms with Gasteiger partial charge in [-0.25, -0.2) is 0 Å². The number of ether oxygens (including phenoxy) is 1. The van der Waals surface area contributed by atoms with Gasteiger partial charge in [-0.05, 0) is 45.5 Å². The Morgan fingerprint density at radius 1 is 1.37 bits per heavy atom. The molecule has 2 N–H and O–H groups in total. The lowest BCUT2D eigenvalue weighted by Crippen LogP contribution is -2.12. The first kappa shape index (κ1) is 13.6. The highest BCUT2D eigenvalue weighted by Gasteiger charge is 2.17. The Kier molecular flexibility index (Phi) is 4.22. The van der Waals surface area contributed by atoms with Crippen molar-refractivity contribution in [3.05, 3.63) is 46.8 Å². The first-order valence-corrected chi connectivity index (χ1v) is 6.53. The summed E-state index contributed by atoms with van der Waals surface area (Å²) in [4.78, 5) is 0. The van der Waals surface area contributed by atoms with E-state index in [-0.39, 0.29) is 6.10 Å². The van der Waals surface area contributed by atoms with E-state index in [9.17, 15) is 0 Å². The van der Waals surface area contributed by atoms with Crippen LogP contribution in [0, 0.1) is 13.8 Å². The van der Waals surface area contributed by atoms with Crippen molar-refractivity contribution >= 4 is 0 Å². The van der Waals surface area contributed by atoms with Crippen LogP contribution in [-0.4, -0.2) is 17.2 Å². The molecule has 1 aromatic carbocycles. The number of rotatable bonds is 5. The summed E-state index contributed by atoms with van der Waals surface area (Å²) in [6.45, 7) is 6.90. The van der Waals surface area contributed by atoms with Gasteiger partial charge in [-0.15, -0.1) is 0 Å². The monoisotopic (exact) mass is 259 g/mol. The van der Waals surface area contributed by atoms with Crippen molar-refractivity contribution in [1.29, 1.82) is 0 Å². The van der Waals surface area contributed by atoms with Gasteiger partial charge in [0.15, 0.2) is 0 Å². The first-order valence-electron chi connectivity index (χ1n) is 6.53. The van der Waals surface area contributed by atoms with Crippen molar-refractivity contribution < 1.29 is 4.74 Å². The van der Waals surface area contributed by atoms with Crippen molar-refractivity contribution in [3.63, 3.8) is 0 Å². The number of aryl methyl sites for hydroxylation is 2. The number of aromatic amines is 1. The third kappa shape index (κ3) is 3.15. The molecule has 1 atom stereocenters. The van der Waals surface area contributed by atoms with E-state index >= 15 is 0 Å². The molecule has 2 aromatic rings. The fraction of sp³-hybridized carbons (Fsp3) is 0.400. The summed E-state index contributed by atoms with van der Waals surface area (Å²) in [5, 5.41) is 10.6. The van der Waals surface area contributed by atoms with Crippen LogP contribution in [0.2, 0.25) is 0 Å². The van der Waals surface area contributed by atoms with Crippen LogP contribution < -0.4 is 10.1 Å². The van der Waals surface area contributed by atoms with Gasteiger partial charge in [0.1, 0.15) is 17.5 Å². The summed E-state index contributed by atoms with van der Waals surface area (Å²) in [5.74, 6) is 0.878. The molecule has 0 saturated heterocycles. The molecule has 0 radical (unpaired) electrons. The number of benzene rings is 1. The number of hydrogen-bond acceptors (Lipinski definition) is 3. The Balaban J connectivity index is 2.18. The summed E-state index contributed by atoms with van der Waals surface area (Å²) in [5.41, 5.74) is 4.43. The Morgan fingerprint density at radius 2 is 2.16 bits per heavy atom. The lowest BCUT2D eigenvalue weighted by Gasteiger charge is -2.15. The average molecular weight is 259 g/mol. The molecule has 2 rings (SSSR count). The van der Waals surface area contributed by atoms with Gasteiger partial charge in [0.05, 0.1) is 0 Å². The predicted molar refractivity (Wildman–Crippen MR) is 76.3 cm³/mol. The van der Waals surface area contributed by atoms with Crippen molar-refractivity contribution in [3.8, 4) is 5.75 Å². The number of hydrogen-bond donors (Lipinski definition) is 2. The van der Waals surface area contributed by atoms with Gasteiger partial charge in [0, 0.05) is 17.8 Å². The zero-order valence-corrected chi connectivity index (χ0v) is 11.9. The molecule has 1 heterocycles. The molecule has 1 aromatic heterocycles. The minimum absolute atomic E-state index is 0.0740. The van der Waals surface area contributed by atoms with Gasteiger partial charge in [-0.3, -0.25) is 5.10 Å². The van der Waals surface area contributed by atoms with E-state index in [2.05, 4.69) is 28.5 Å². The van der Waals surface area contributed by atoms with Crippen molar-refractivity contribution in [2.24, 2.45) is 0 Å². The number of nitrogens with one attached hydrogen (secondary N) is 2. The molecular formula is C15H21N3O. The Bertz CT molecular complexity index is 548. The molecule has 0 amide bonds. The average Bonchev–Trinajstić information content (AvgIpc) is 2.72. The predicted octanol–water partition coefficient (Wildman–Crippen LogP) is 2.89. The third-order valence-corrected chi connectivity index (χ3v) is 3.15. The van der Waals surface area contributed by atoms with Crippen LogP contribution in [0.1, 0.15) is 35.5 Å². The summed E-state index contributed by atoms with van der Waals surface area (Å²) < 4.78 is 5.97. The molecule has 0 spiro atoms. The van der Waals surface area contributed by atoms with Crippen molar-refractivity contribution in [2.75, 3.05) is 7.05 Å². The van der Waals surface area contributed by atoms with E-state index in [1.165, 1.54) is 11.1 Å². The lowest BCUT2D eigenvalue weighted by atomic mass is 10.1. The summed E-state index contributed by atoms with van der Waals surface area (Å²) in [6.07, 6.45) is -0.0740. The fourth-order valence-corrected chi connectivity index (χ4v) is 2.16. The highest BCUT2D eigenvalue weighted by Crippen LogP contribution is 2.24. The highest BCUT2D eigenvalue weighted by molar-refractivity contribution is 5.30. The van der Waals surface area contributed by atoms with E-state index in [4.69, 9.17) is 4.74 Å². The maximum Gasteiger partial charge on any atom is 0.140 e. The smallest absolute Gasteiger partial charge is 0.140 e. The molecule has 0 aliphatic carbocycles. The molecular weight excluding hydrogens is 238 g/mol. The van der Waals surface area contributed by atoms with E-state index in [0.717, 1.165) is 23.7 Å². The number of nitrogens with zero attached hydrogens (tertiary/aromatic N) is 1. The number of aromatic nitrogens is 2. The van der Waals surface area contributed by atoms with Gasteiger partial charge in [-0.1, -0.05) is 12.1 Å². The molecule has 0 aliphatic rings. The second kappa shape index (κ2) is 5.89. The summed E-state index contributed by atoms with van der Waals surface area (Å²) >= 11 is 0. The zero-order valence-electron chi connectivity index (χ0n) is 11.9. The molecule has 4 heteroatoms. The van der Waals surface area contributed by atoms with Crippen molar-refractivity contribution in [1.82, 2.24) is 15.5 Å². The summed E-state index contributed by atoms with van der Waals surface area (Å²) in [7, 11) is 1.93. The zero-order chi connectivity index (χ0) is 13.8. The SMILES string of the molecule is CNCc1c(C(C)Oc2cccc(C)c2)n[nH]c1C. The van der Waals surface area contributed by atoms with Crippen LogP contribution in [0.25, 0.3) is 0 Å². The first-order chi connectivity index (χ1) is 9.11. The van der Waals surface area contributed by atoms with E-state index in [1.807, 2.05) is 39.1 Å². The van der Waals surface area contributed by atoms with Crippen LogP contribution in [-0.2, 0) is 6.54 Å². The fourth-order valence-electron chi connectivity index (χ4n) is 2.16. The van der Waals surface area contributed by atoms with Crippen LogP contribution in [0.5, 0.6) is 5.75 Å². The van der Waals surface area contributed by atoms with Gasteiger partial charge in [0.2, 0.25) is 0 Å². The summed E-state index contributed by atoms with van der Waals surface area (Å²) in [6, 6.07) is 8.07. The van der Waals surface area contributed by atoms with Crippen LogP contribution in [0.3, 0.4) is 0 Å². The molecule has 0 bridgehead atoms. The van der Waals surface area contributed by atoms with E-state index in [0.29, 0.717) is 0 Å². The highest BCUT2D eigenvalue weighted by atomic mass is 16.5. The standard InChI is InChI=1S/C15H21N3O/c1-10-6-5-7-13(8-10)19-12(3)15-14(9-16-4)11(2)17-18-15/h5-8,12,16H,9H2,1-4H3,(H,17,18). The normalized spacial score (nSPS) is 12.4. The lowest BCUT2D eigenvalue weighted by molar-refractivity contribution is 0.220. The molecule has 1 unspecified atom stereocenters. The molecule has 19 heavy (non-hydrogen) atoms. The minimum atomic E-state index is -0.0740. The number of H-pyrrole nitrogens is 1. The minimum Gasteiger partial charge on any atom is -0.484 e.